The first-order chi connectivity index (χ1) is 10.2. The van der Waals surface area contributed by atoms with E-state index in [1.165, 1.54) is 0 Å². The summed E-state index contributed by atoms with van der Waals surface area (Å²) < 4.78 is 0. The minimum Gasteiger partial charge on any atom is -0.399 e. The number of nitrogen functional groups attached to an aromatic ring is 1. The van der Waals surface area contributed by atoms with Crippen LogP contribution in [0, 0.1) is 0 Å². The molecule has 0 spiro atoms. The molecule has 1 atom stereocenters. The number of pyridine rings is 1. The van der Waals surface area contributed by atoms with Crippen molar-refractivity contribution < 1.29 is 4.79 Å². The van der Waals surface area contributed by atoms with E-state index in [0.717, 1.165) is 48.5 Å². The Hall–Kier alpha value is -2.30. The van der Waals surface area contributed by atoms with Crippen molar-refractivity contribution in [1.29, 1.82) is 0 Å². The van der Waals surface area contributed by atoms with Crippen molar-refractivity contribution in [1.82, 2.24) is 9.88 Å². The predicted molar refractivity (Wildman–Crippen MR) is 83.1 cm³/mol. The van der Waals surface area contributed by atoms with Crippen LogP contribution in [0.25, 0.3) is 10.9 Å². The van der Waals surface area contributed by atoms with Gasteiger partial charge in [0.2, 0.25) is 5.91 Å². The Labute approximate surface area is 123 Å². The van der Waals surface area contributed by atoms with Crippen LogP contribution in [0.2, 0.25) is 0 Å². The van der Waals surface area contributed by atoms with E-state index >= 15 is 0 Å². The fourth-order valence-corrected chi connectivity index (χ4v) is 3.38. The molecular weight excluding hydrogens is 264 g/mol. The number of hydrogen-bond donors (Lipinski definition) is 1. The summed E-state index contributed by atoms with van der Waals surface area (Å²) in [6.45, 7) is 2.56. The largest absolute Gasteiger partial charge is 0.399 e. The monoisotopic (exact) mass is 282 g/mol. The van der Waals surface area contributed by atoms with Crippen LogP contribution < -0.4 is 10.6 Å². The molecule has 2 aliphatic rings. The Bertz CT molecular complexity index is 714. The highest BCUT2D eigenvalue weighted by molar-refractivity contribution is 5.83. The third kappa shape index (κ3) is 2.09. The van der Waals surface area contributed by atoms with E-state index in [4.69, 9.17) is 10.7 Å². The van der Waals surface area contributed by atoms with E-state index in [-0.39, 0.29) is 0 Å². The zero-order valence-corrected chi connectivity index (χ0v) is 11.8. The second-order valence-electron chi connectivity index (χ2n) is 5.85. The molecule has 2 aliphatic heterocycles. The lowest BCUT2D eigenvalue weighted by Gasteiger charge is -2.38. The number of carbonyl (C=O) groups is 1. The van der Waals surface area contributed by atoms with Gasteiger partial charge in [0.25, 0.3) is 0 Å². The first-order valence-corrected chi connectivity index (χ1v) is 7.41. The fourth-order valence-electron chi connectivity index (χ4n) is 3.38. The molecule has 3 heterocycles. The predicted octanol–water partition coefficient (Wildman–Crippen LogP) is 1.63. The van der Waals surface area contributed by atoms with Gasteiger partial charge in [-0.05, 0) is 36.8 Å². The molecule has 2 saturated heterocycles. The highest BCUT2D eigenvalue weighted by Crippen LogP contribution is 2.27. The molecule has 2 fully saturated rings. The van der Waals surface area contributed by atoms with Gasteiger partial charge >= 0.3 is 0 Å². The quantitative estimate of drug-likeness (QED) is 0.808. The molecule has 21 heavy (non-hydrogen) atoms. The number of nitrogens with zero attached hydrogens (tertiary/aromatic N) is 3. The van der Waals surface area contributed by atoms with Crippen molar-refractivity contribution in [3.8, 4) is 0 Å². The lowest BCUT2D eigenvalue weighted by Crippen LogP contribution is -2.51. The van der Waals surface area contributed by atoms with E-state index < -0.39 is 0 Å². The highest BCUT2D eigenvalue weighted by atomic mass is 16.2. The molecule has 1 aromatic carbocycles. The van der Waals surface area contributed by atoms with Gasteiger partial charge in [0.05, 0.1) is 5.52 Å². The SMILES string of the molecule is Nc1ccc2nc(N3CCN4C(=O)CCC4C3)ccc2c1. The van der Waals surface area contributed by atoms with Crippen LogP contribution >= 0.6 is 0 Å². The van der Waals surface area contributed by atoms with Crippen molar-refractivity contribution >= 4 is 28.3 Å². The number of fused-ring (bicyclic) bond motifs is 2. The number of piperazine rings is 1. The Morgan fingerprint density at radius 1 is 1.19 bits per heavy atom. The summed E-state index contributed by atoms with van der Waals surface area (Å²) in [4.78, 5) is 20.8. The standard InChI is InChI=1S/C16H18N4O/c17-12-2-4-14-11(9-12)1-5-15(18-14)19-7-8-20-13(10-19)3-6-16(20)21/h1-2,4-5,9,13H,3,6-8,10,17H2. The third-order valence-electron chi connectivity index (χ3n) is 4.52. The fraction of sp³-hybridized carbons (Fsp3) is 0.375. The van der Waals surface area contributed by atoms with E-state index in [1.54, 1.807) is 0 Å². The molecular formula is C16H18N4O. The van der Waals surface area contributed by atoms with Gasteiger partial charge in [-0.3, -0.25) is 4.79 Å². The van der Waals surface area contributed by atoms with Gasteiger partial charge in [-0.2, -0.15) is 0 Å². The van der Waals surface area contributed by atoms with Crippen LogP contribution in [-0.4, -0.2) is 41.5 Å². The van der Waals surface area contributed by atoms with Crippen molar-refractivity contribution in [2.24, 2.45) is 0 Å². The molecule has 108 valence electrons. The second kappa shape index (κ2) is 4.62. The Kier molecular flexibility index (Phi) is 2.74. The number of amides is 1. The molecule has 2 aromatic rings. The maximum absolute atomic E-state index is 11.7. The first kappa shape index (κ1) is 12.4. The van der Waals surface area contributed by atoms with Crippen LogP contribution in [0.4, 0.5) is 11.5 Å². The van der Waals surface area contributed by atoms with Crippen LogP contribution in [0.3, 0.4) is 0 Å². The van der Waals surface area contributed by atoms with Crippen molar-refractivity contribution in [3.63, 3.8) is 0 Å². The van der Waals surface area contributed by atoms with Gasteiger partial charge < -0.3 is 15.5 Å². The lowest BCUT2D eigenvalue weighted by atomic mass is 10.1. The molecule has 1 amide bonds. The first-order valence-electron chi connectivity index (χ1n) is 7.41. The molecule has 0 aliphatic carbocycles. The van der Waals surface area contributed by atoms with Crippen molar-refractivity contribution in [2.45, 2.75) is 18.9 Å². The van der Waals surface area contributed by atoms with E-state index in [1.807, 2.05) is 29.2 Å². The van der Waals surface area contributed by atoms with Crippen molar-refractivity contribution in [3.05, 3.63) is 30.3 Å². The van der Waals surface area contributed by atoms with E-state index in [2.05, 4.69) is 11.0 Å². The maximum Gasteiger partial charge on any atom is 0.223 e. The molecule has 1 aromatic heterocycles. The molecule has 0 radical (unpaired) electrons. The zero-order valence-electron chi connectivity index (χ0n) is 11.8. The Morgan fingerprint density at radius 3 is 3.00 bits per heavy atom. The Morgan fingerprint density at radius 2 is 2.10 bits per heavy atom. The summed E-state index contributed by atoms with van der Waals surface area (Å²) in [6, 6.07) is 10.3. The number of rotatable bonds is 1. The number of anilines is 2. The average Bonchev–Trinajstić information content (AvgIpc) is 2.87. The summed E-state index contributed by atoms with van der Waals surface area (Å²) in [5.74, 6) is 1.30. The molecule has 0 saturated carbocycles. The summed E-state index contributed by atoms with van der Waals surface area (Å²) in [6.07, 6.45) is 1.67. The molecule has 2 N–H and O–H groups in total. The number of hydrogen-bond acceptors (Lipinski definition) is 4. The van der Waals surface area contributed by atoms with Crippen LogP contribution in [0.1, 0.15) is 12.8 Å². The normalized spacial score (nSPS) is 21.9. The smallest absolute Gasteiger partial charge is 0.223 e. The molecule has 5 heteroatoms. The number of carbonyl (C=O) groups excluding carboxylic acids is 1. The topological polar surface area (TPSA) is 62.5 Å². The summed E-state index contributed by atoms with van der Waals surface area (Å²) in [7, 11) is 0. The van der Waals surface area contributed by atoms with E-state index in [9.17, 15) is 4.79 Å². The van der Waals surface area contributed by atoms with Gasteiger partial charge in [-0.15, -0.1) is 0 Å². The van der Waals surface area contributed by atoms with Gasteiger partial charge in [-0.1, -0.05) is 0 Å². The lowest BCUT2D eigenvalue weighted by molar-refractivity contribution is -0.129. The zero-order chi connectivity index (χ0) is 14.4. The average molecular weight is 282 g/mol. The van der Waals surface area contributed by atoms with E-state index in [0.29, 0.717) is 18.4 Å². The van der Waals surface area contributed by atoms with Gasteiger partial charge in [-0.25, -0.2) is 4.98 Å². The molecule has 5 nitrogen and oxygen atoms in total. The molecule has 4 rings (SSSR count). The summed E-state index contributed by atoms with van der Waals surface area (Å²) in [5.41, 5.74) is 7.52. The van der Waals surface area contributed by atoms with Crippen molar-refractivity contribution in [2.75, 3.05) is 30.3 Å². The summed E-state index contributed by atoms with van der Waals surface area (Å²) in [5, 5.41) is 1.06. The minimum absolute atomic E-state index is 0.307. The van der Waals surface area contributed by atoms with Gasteiger partial charge in [0, 0.05) is 43.2 Å². The molecule has 1 unspecified atom stereocenters. The second-order valence-corrected chi connectivity index (χ2v) is 5.85. The Balaban J connectivity index is 1.62. The maximum atomic E-state index is 11.7. The van der Waals surface area contributed by atoms with Crippen LogP contribution in [0.5, 0.6) is 0 Å². The third-order valence-corrected chi connectivity index (χ3v) is 4.52. The highest BCUT2D eigenvalue weighted by Gasteiger charge is 2.35. The van der Waals surface area contributed by atoms with Crippen LogP contribution in [0.15, 0.2) is 30.3 Å². The van der Waals surface area contributed by atoms with Gasteiger partial charge in [0.1, 0.15) is 5.82 Å². The minimum atomic E-state index is 0.307. The van der Waals surface area contributed by atoms with Gasteiger partial charge in [0.15, 0.2) is 0 Å². The molecule has 0 bridgehead atoms. The number of nitrogens with two attached hydrogens (primary N) is 1. The van der Waals surface area contributed by atoms with Crippen LogP contribution in [-0.2, 0) is 4.79 Å². The number of aromatic nitrogens is 1. The number of benzene rings is 1. The summed E-state index contributed by atoms with van der Waals surface area (Å²) >= 11 is 0.